The normalized spacial score (nSPS) is 12.8. The second kappa shape index (κ2) is 6.70. The lowest BCUT2D eigenvalue weighted by molar-refractivity contribution is 0.474. The van der Waals surface area contributed by atoms with E-state index in [1.807, 2.05) is 29.7 Å². The Hall–Kier alpha value is -1.62. The molecule has 0 bridgehead atoms. The van der Waals surface area contributed by atoms with Gasteiger partial charge in [-0.15, -0.1) is 0 Å². The second-order valence-electron chi connectivity index (χ2n) is 5.13. The molecule has 1 N–H and O–H groups in total. The van der Waals surface area contributed by atoms with E-state index < -0.39 is 0 Å². The fourth-order valence-electron chi connectivity index (χ4n) is 2.58. The van der Waals surface area contributed by atoms with Crippen molar-refractivity contribution in [2.24, 2.45) is 14.1 Å². The Morgan fingerprint density at radius 1 is 1.25 bits per heavy atom. The van der Waals surface area contributed by atoms with Crippen LogP contribution in [0.2, 0.25) is 0 Å². The highest BCUT2D eigenvalue weighted by atomic mass is 15.3. The van der Waals surface area contributed by atoms with E-state index in [2.05, 4.69) is 41.5 Å². The Kier molecular flexibility index (Phi) is 4.95. The number of aryl methyl sites for hydroxylation is 4. The van der Waals surface area contributed by atoms with E-state index in [1.165, 1.54) is 11.4 Å². The average Bonchev–Trinajstić information content (AvgIpc) is 3.01. The van der Waals surface area contributed by atoms with Gasteiger partial charge in [-0.1, -0.05) is 13.8 Å². The van der Waals surface area contributed by atoms with Crippen LogP contribution in [0.15, 0.2) is 18.3 Å². The summed E-state index contributed by atoms with van der Waals surface area (Å²) < 4.78 is 3.96. The lowest BCUT2D eigenvalue weighted by atomic mass is 10.1. The molecule has 5 nitrogen and oxygen atoms in total. The third-order valence-corrected chi connectivity index (χ3v) is 3.75. The molecule has 0 aliphatic carbocycles. The van der Waals surface area contributed by atoms with Crippen LogP contribution in [0.4, 0.5) is 0 Å². The molecule has 20 heavy (non-hydrogen) atoms. The maximum atomic E-state index is 4.55. The predicted octanol–water partition coefficient (Wildman–Crippen LogP) is 2.00. The highest BCUT2D eigenvalue weighted by Crippen LogP contribution is 2.20. The summed E-state index contributed by atoms with van der Waals surface area (Å²) in [5.41, 5.74) is 3.70. The van der Waals surface area contributed by atoms with E-state index in [-0.39, 0.29) is 0 Å². The van der Waals surface area contributed by atoms with Crippen molar-refractivity contribution in [1.82, 2.24) is 24.9 Å². The summed E-state index contributed by atoms with van der Waals surface area (Å²) in [6.07, 6.45) is 4.90. The Bertz CT molecular complexity index is 540. The van der Waals surface area contributed by atoms with Crippen LogP contribution in [0, 0.1) is 0 Å². The average molecular weight is 275 g/mol. The molecule has 2 aromatic rings. The van der Waals surface area contributed by atoms with Gasteiger partial charge in [0.2, 0.25) is 0 Å². The molecule has 0 saturated carbocycles. The molecule has 1 atom stereocenters. The first kappa shape index (κ1) is 14.8. The molecule has 0 saturated heterocycles. The fourth-order valence-corrected chi connectivity index (χ4v) is 2.58. The smallest absolute Gasteiger partial charge is 0.0625 e. The Balaban J connectivity index is 2.10. The van der Waals surface area contributed by atoms with Crippen LogP contribution in [-0.4, -0.2) is 26.1 Å². The first-order valence-electron chi connectivity index (χ1n) is 7.38. The van der Waals surface area contributed by atoms with Gasteiger partial charge in [-0.05, 0) is 37.9 Å². The third kappa shape index (κ3) is 3.28. The molecule has 2 heterocycles. The minimum absolute atomic E-state index is 0.340. The van der Waals surface area contributed by atoms with E-state index in [0.717, 1.165) is 31.5 Å². The van der Waals surface area contributed by atoms with E-state index in [9.17, 15) is 0 Å². The summed E-state index contributed by atoms with van der Waals surface area (Å²) in [6.45, 7) is 5.25. The summed E-state index contributed by atoms with van der Waals surface area (Å²) >= 11 is 0. The van der Waals surface area contributed by atoms with Gasteiger partial charge in [-0.3, -0.25) is 9.36 Å². The Labute approximate surface area is 121 Å². The molecule has 0 aromatic carbocycles. The largest absolute Gasteiger partial charge is 0.309 e. The van der Waals surface area contributed by atoms with Gasteiger partial charge >= 0.3 is 0 Å². The highest BCUT2D eigenvalue weighted by molar-refractivity contribution is 5.15. The molecule has 110 valence electrons. The zero-order chi connectivity index (χ0) is 14.5. The lowest BCUT2D eigenvalue weighted by Crippen LogP contribution is -2.24. The molecular formula is C15H25N5. The SMILES string of the molecule is CCNC(CCc1ccnn1C)c1cc(CC)nn1C. The van der Waals surface area contributed by atoms with Crippen LogP contribution in [-0.2, 0) is 26.9 Å². The monoisotopic (exact) mass is 275 g/mol. The topological polar surface area (TPSA) is 47.7 Å². The molecular weight excluding hydrogens is 250 g/mol. The van der Waals surface area contributed by atoms with Crippen molar-refractivity contribution in [2.75, 3.05) is 6.54 Å². The van der Waals surface area contributed by atoms with Crippen LogP contribution >= 0.6 is 0 Å². The predicted molar refractivity (Wildman–Crippen MR) is 80.5 cm³/mol. The van der Waals surface area contributed by atoms with Crippen LogP contribution in [0.1, 0.15) is 43.4 Å². The molecule has 2 rings (SSSR count). The molecule has 0 aliphatic heterocycles. The van der Waals surface area contributed by atoms with Gasteiger partial charge in [-0.25, -0.2) is 0 Å². The first-order valence-corrected chi connectivity index (χ1v) is 7.38. The van der Waals surface area contributed by atoms with Crippen molar-refractivity contribution < 1.29 is 0 Å². The van der Waals surface area contributed by atoms with Gasteiger partial charge in [0.25, 0.3) is 0 Å². The number of hydrogen-bond donors (Lipinski definition) is 1. The summed E-state index contributed by atoms with van der Waals surface area (Å²) in [4.78, 5) is 0. The summed E-state index contributed by atoms with van der Waals surface area (Å²) in [5, 5.41) is 12.3. The van der Waals surface area contributed by atoms with Crippen molar-refractivity contribution in [3.63, 3.8) is 0 Å². The lowest BCUT2D eigenvalue weighted by Gasteiger charge is -2.18. The van der Waals surface area contributed by atoms with Gasteiger partial charge in [0.1, 0.15) is 0 Å². The van der Waals surface area contributed by atoms with Gasteiger partial charge < -0.3 is 5.32 Å². The van der Waals surface area contributed by atoms with Crippen molar-refractivity contribution in [2.45, 2.75) is 39.2 Å². The number of rotatable bonds is 7. The molecule has 0 spiro atoms. The second-order valence-corrected chi connectivity index (χ2v) is 5.13. The molecule has 5 heteroatoms. The van der Waals surface area contributed by atoms with Gasteiger partial charge in [0, 0.05) is 32.0 Å². The minimum atomic E-state index is 0.340. The molecule has 0 amide bonds. The standard InChI is InChI=1S/C15H25N5/c1-5-12-11-15(20(4)18-12)14(16-6-2)8-7-13-9-10-17-19(13)3/h9-11,14,16H,5-8H2,1-4H3. The summed E-state index contributed by atoms with van der Waals surface area (Å²) in [6, 6.07) is 4.65. The zero-order valence-corrected chi connectivity index (χ0v) is 12.9. The number of aromatic nitrogens is 4. The van der Waals surface area contributed by atoms with Crippen LogP contribution < -0.4 is 5.32 Å². The Morgan fingerprint density at radius 2 is 2.05 bits per heavy atom. The van der Waals surface area contributed by atoms with Crippen molar-refractivity contribution in [3.8, 4) is 0 Å². The number of hydrogen-bond acceptors (Lipinski definition) is 3. The van der Waals surface area contributed by atoms with Crippen LogP contribution in [0.25, 0.3) is 0 Å². The molecule has 0 radical (unpaired) electrons. The van der Waals surface area contributed by atoms with Crippen LogP contribution in [0.3, 0.4) is 0 Å². The van der Waals surface area contributed by atoms with Crippen LogP contribution in [0.5, 0.6) is 0 Å². The van der Waals surface area contributed by atoms with E-state index in [1.54, 1.807) is 0 Å². The summed E-state index contributed by atoms with van der Waals surface area (Å²) in [5.74, 6) is 0. The highest BCUT2D eigenvalue weighted by Gasteiger charge is 2.16. The fraction of sp³-hybridized carbons (Fsp3) is 0.600. The first-order chi connectivity index (χ1) is 9.65. The molecule has 1 unspecified atom stereocenters. The van der Waals surface area contributed by atoms with Gasteiger partial charge in [0.15, 0.2) is 0 Å². The van der Waals surface area contributed by atoms with Gasteiger partial charge in [-0.2, -0.15) is 10.2 Å². The molecule has 0 aliphatic rings. The molecule has 0 fully saturated rings. The van der Waals surface area contributed by atoms with Crippen molar-refractivity contribution >= 4 is 0 Å². The maximum absolute atomic E-state index is 4.55. The quantitative estimate of drug-likeness (QED) is 0.841. The van der Waals surface area contributed by atoms with E-state index >= 15 is 0 Å². The number of nitrogens with zero attached hydrogens (tertiary/aromatic N) is 4. The summed E-state index contributed by atoms with van der Waals surface area (Å²) in [7, 11) is 4.03. The molecule has 2 aromatic heterocycles. The zero-order valence-electron chi connectivity index (χ0n) is 12.9. The third-order valence-electron chi connectivity index (χ3n) is 3.75. The van der Waals surface area contributed by atoms with Gasteiger partial charge in [0.05, 0.1) is 11.4 Å². The van der Waals surface area contributed by atoms with Crippen molar-refractivity contribution in [3.05, 3.63) is 35.4 Å². The maximum Gasteiger partial charge on any atom is 0.0625 e. The van der Waals surface area contributed by atoms with E-state index in [4.69, 9.17) is 0 Å². The number of nitrogens with one attached hydrogen (secondary N) is 1. The Morgan fingerprint density at radius 3 is 2.60 bits per heavy atom. The van der Waals surface area contributed by atoms with Crippen molar-refractivity contribution in [1.29, 1.82) is 0 Å². The minimum Gasteiger partial charge on any atom is -0.309 e. The van der Waals surface area contributed by atoms with E-state index in [0.29, 0.717) is 6.04 Å².